The van der Waals surface area contributed by atoms with Gasteiger partial charge < -0.3 is 49.6 Å². The Morgan fingerprint density at radius 2 is 1.67 bits per heavy atom. The van der Waals surface area contributed by atoms with Crippen LogP contribution in [0.3, 0.4) is 0 Å². The number of aliphatic hydroxyl groups excluding tert-OH is 5. The van der Waals surface area contributed by atoms with Crippen molar-refractivity contribution in [3.8, 4) is 0 Å². The molecule has 0 spiro atoms. The third-order valence-corrected chi connectivity index (χ3v) is 8.44. The highest BCUT2D eigenvalue weighted by molar-refractivity contribution is 7.61. The maximum absolute atomic E-state index is 12.5. The van der Waals surface area contributed by atoms with Gasteiger partial charge in [0, 0.05) is 24.6 Å². The van der Waals surface area contributed by atoms with Crippen molar-refractivity contribution in [1.82, 2.24) is 9.55 Å². The maximum Gasteiger partial charge on any atom is 0.483 e. The van der Waals surface area contributed by atoms with Crippen LogP contribution in [0, 0.1) is 5.92 Å². The summed E-state index contributed by atoms with van der Waals surface area (Å²) < 4.78 is 49.4. The lowest BCUT2D eigenvalue weighted by molar-refractivity contribution is -0.263. The summed E-state index contributed by atoms with van der Waals surface area (Å²) in [6.45, 7) is -0.788. The lowest BCUT2D eigenvalue weighted by atomic mass is 9.87. The van der Waals surface area contributed by atoms with Gasteiger partial charge >= 0.3 is 21.3 Å². The summed E-state index contributed by atoms with van der Waals surface area (Å²) in [7, 11) is -11.1. The molecule has 2 aliphatic rings. The molecule has 0 bridgehead atoms. The van der Waals surface area contributed by atoms with Gasteiger partial charge in [-0.1, -0.05) is 0 Å². The van der Waals surface area contributed by atoms with Crippen molar-refractivity contribution < 1.29 is 72.1 Å². The summed E-state index contributed by atoms with van der Waals surface area (Å²) in [5, 5.41) is 50.0. The van der Waals surface area contributed by atoms with E-state index in [1.165, 1.54) is 0 Å². The van der Waals surface area contributed by atoms with E-state index in [-0.39, 0.29) is 0 Å². The highest BCUT2D eigenvalue weighted by Gasteiger charge is 2.50. The highest BCUT2D eigenvalue weighted by Crippen LogP contribution is 2.62. The van der Waals surface area contributed by atoms with Crippen LogP contribution in [-0.2, 0) is 36.8 Å². The number of ketones is 1. The van der Waals surface area contributed by atoms with Gasteiger partial charge in [0.25, 0.3) is 5.56 Å². The molecular weight excluding hydrogens is 578 g/mol. The predicted octanol–water partition coefficient (Wildman–Crippen LogP) is -3.56. The van der Waals surface area contributed by atoms with Crippen LogP contribution in [0.25, 0.3) is 0 Å². The molecule has 3 rings (SSSR count). The summed E-state index contributed by atoms with van der Waals surface area (Å²) in [6, 6.07) is 0.932. The fraction of sp³-hybridized carbons (Fsp3) is 0.722. The maximum atomic E-state index is 12.5. The van der Waals surface area contributed by atoms with Crippen molar-refractivity contribution in [1.29, 1.82) is 0 Å². The van der Waals surface area contributed by atoms with Crippen molar-refractivity contribution in [3.05, 3.63) is 33.1 Å². The number of aromatic nitrogens is 2. The molecule has 39 heavy (non-hydrogen) atoms. The van der Waals surface area contributed by atoms with E-state index in [0.717, 1.165) is 23.8 Å². The first-order valence-corrected chi connectivity index (χ1v) is 14.2. The topological polar surface area (TPSA) is 294 Å². The molecule has 21 heteroatoms. The van der Waals surface area contributed by atoms with E-state index in [1.54, 1.807) is 0 Å². The number of hydrogen-bond acceptors (Lipinski definition) is 15. The fourth-order valence-corrected chi connectivity index (χ4v) is 6.18. The van der Waals surface area contributed by atoms with Crippen LogP contribution in [-0.4, -0.2) is 107 Å². The molecule has 222 valence electrons. The molecule has 0 amide bonds. The quantitative estimate of drug-likeness (QED) is 0.113. The van der Waals surface area contributed by atoms with E-state index in [0.29, 0.717) is 0 Å². The Bertz CT molecular complexity index is 1240. The van der Waals surface area contributed by atoms with E-state index < -0.39 is 107 Å². The smallest absolute Gasteiger partial charge is 0.394 e. The van der Waals surface area contributed by atoms with Gasteiger partial charge in [-0.3, -0.25) is 23.4 Å². The molecule has 2 saturated heterocycles. The van der Waals surface area contributed by atoms with Crippen molar-refractivity contribution >= 4 is 21.4 Å². The molecule has 3 heterocycles. The number of carbonyl (C=O) groups is 1. The Hall–Kier alpha value is -1.67. The number of ether oxygens (including phenoxy) is 2. The average molecular weight is 606 g/mol. The van der Waals surface area contributed by atoms with Gasteiger partial charge in [-0.15, -0.1) is 0 Å². The van der Waals surface area contributed by atoms with Crippen LogP contribution in [0.5, 0.6) is 0 Å². The first-order chi connectivity index (χ1) is 18.0. The minimum Gasteiger partial charge on any atom is -0.394 e. The number of nitrogens with one attached hydrogen (secondary N) is 1. The predicted molar refractivity (Wildman–Crippen MR) is 122 cm³/mol. The molecule has 0 radical (unpaired) electrons. The number of aromatic amines is 1. The van der Waals surface area contributed by atoms with Crippen LogP contribution in [0.1, 0.15) is 19.6 Å². The number of phosphoric ester groups is 2. The molecule has 11 atom stereocenters. The minimum atomic E-state index is -5.59. The largest absolute Gasteiger partial charge is 0.483 e. The number of nitrogens with zero attached hydrogens (tertiary/aromatic N) is 1. The number of carbonyl (C=O) groups excluding carboxylic acids is 1. The third-order valence-electron chi connectivity index (χ3n) is 5.84. The Morgan fingerprint density at radius 1 is 1.03 bits per heavy atom. The van der Waals surface area contributed by atoms with E-state index in [9.17, 15) is 58.8 Å². The third kappa shape index (κ3) is 7.75. The van der Waals surface area contributed by atoms with Crippen LogP contribution in [0.15, 0.2) is 21.9 Å². The number of hydrogen-bond donors (Lipinski definition) is 8. The molecule has 1 aromatic rings. The normalized spacial score (nSPS) is 36.3. The lowest BCUT2D eigenvalue weighted by Crippen LogP contribution is -2.56. The SMILES string of the molecule is CC(=O)CC1C(O)[C@@H](O)C(CO)O[C@@H]1OP(=O)(O)OP(=O)(O)OC[C@H]1O[C@@H](n2ccc(=O)[nH]c2=O)C(O)C1O. The van der Waals surface area contributed by atoms with Crippen molar-refractivity contribution in [2.75, 3.05) is 13.2 Å². The molecule has 0 aromatic carbocycles. The first-order valence-electron chi connectivity index (χ1n) is 11.2. The molecule has 0 aliphatic carbocycles. The summed E-state index contributed by atoms with van der Waals surface area (Å²) >= 11 is 0. The Kier molecular flexibility index (Phi) is 10.2. The fourth-order valence-electron chi connectivity index (χ4n) is 3.99. The number of aliphatic hydroxyl groups is 5. The summed E-state index contributed by atoms with van der Waals surface area (Å²) in [4.78, 5) is 56.6. The Balaban J connectivity index is 1.66. The van der Waals surface area contributed by atoms with Crippen LogP contribution >= 0.6 is 15.6 Å². The molecular formula is C18H28N2O17P2. The lowest BCUT2D eigenvalue weighted by Gasteiger charge is -2.41. The molecule has 2 aliphatic heterocycles. The molecule has 1 aromatic heterocycles. The average Bonchev–Trinajstić information content (AvgIpc) is 3.10. The number of H-pyrrole nitrogens is 1. The minimum absolute atomic E-state index is 0.521. The molecule has 2 fully saturated rings. The second kappa shape index (κ2) is 12.5. The van der Waals surface area contributed by atoms with E-state index in [4.69, 9.17) is 14.0 Å². The van der Waals surface area contributed by atoms with Crippen LogP contribution < -0.4 is 11.2 Å². The van der Waals surface area contributed by atoms with E-state index >= 15 is 0 Å². The Labute approximate surface area is 218 Å². The van der Waals surface area contributed by atoms with E-state index in [2.05, 4.69) is 8.83 Å². The van der Waals surface area contributed by atoms with Crippen molar-refractivity contribution in [3.63, 3.8) is 0 Å². The van der Waals surface area contributed by atoms with Gasteiger partial charge in [-0.25, -0.2) is 13.9 Å². The van der Waals surface area contributed by atoms with Crippen LogP contribution in [0.2, 0.25) is 0 Å². The summed E-state index contributed by atoms with van der Waals surface area (Å²) in [6.07, 6.45) is -13.2. The number of phosphoric acid groups is 2. The summed E-state index contributed by atoms with van der Waals surface area (Å²) in [5.41, 5.74) is -1.74. The zero-order chi connectivity index (χ0) is 29.3. The van der Waals surface area contributed by atoms with E-state index in [1.807, 2.05) is 4.98 Å². The van der Waals surface area contributed by atoms with Crippen molar-refractivity contribution in [2.45, 2.75) is 62.5 Å². The second-order valence-corrected chi connectivity index (χ2v) is 11.8. The zero-order valence-corrected chi connectivity index (χ0v) is 21.8. The molecule has 19 nitrogen and oxygen atoms in total. The highest BCUT2D eigenvalue weighted by atomic mass is 31.3. The first kappa shape index (κ1) is 31.9. The zero-order valence-electron chi connectivity index (χ0n) is 20.0. The number of Topliss-reactive ketones (excluding diaryl/α,β-unsaturated/α-hetero) is 1. The number of rotatable bonds is 11. The second-order valence-electron chi connectivity index (χ2n) is 8.76. The monoisotopic (exact) mass is 606 g/mol. The summed E-state index contributed by atoms with van der Waals surface area (Å²) in [5.74, 6) is -1.99. The van der Waals surface area contributed by atoms with Gasteiger partial charge in [0.15, 0.2) is 12.5 Å². The van der Waals surface area contributed by atoms with Crippen LogP contribution in [0.4, 0.5) is 0 Å². The van der Waals surface area contributed by atoms with Gasteiger partial charge in [-0.2, -0.15) is 4.31 Å². The van der Waals surface area contributed by atoms with Crippen molar-refractivity contribution in [2.24, 2.45) is 5.92 Å². The van der Waals surface area contributed by atoms with Gasteiger partial charge in [0.05, 0.1) is 19.3 Å². The van der Waals surface area contributed by atoms with Gasteiger partial charge in [-0.05, 0) is 6.92 Å². The standard InChI is InChI=1S/C18H28N2O17P2/c1-7(22)4-8-12(24)13(25)9(5-21)35-17(8)36-39(31,32)37-38(29,30)33-6-10-14(26)15(27)16(34-10)20-3-2-11(23)19-18(20)28/h2-3,8-10,12-17,21,24-27H,4-6H2,1H3,(H,29,30)(H,31,32)(H,19,23,28)/t8?,9?,10-,12?,13+,14?,15?,16-,17-/m1/s1. The molecule has 8 N–H and O–H groups in total. The van der Waals surface area contributed by atoms with Gasteiger partial charge in [0.1, 0.15) is 36.3 Å². The van der Waals surface area contributed by atoms with Gasteiger partial charge in [0.2, 0.25) is 0 Å². The molecule has 7 unspecified atom stereocenters. The molecule has 0 saturated carbocycles. The Morgan fingerprint density at radius 3 is 2.26 bits per heavy atom.